The number of hydrogen-bond acceptors (Lipinski definition) is 1. The molecule has 82 valence electrons. The summed E-state index contributed by atoms with van der Waals surface area (Å²) in [7, 11) is 1.92. The molecule has 1 aromatic rings. The second-order valence-electron chi connectivity index (χ2n) is 4.19. The van der Waals surface area contributed by atoms with Gasteiger partial charge in [0.25, 0.3) is 0 Å². The van der Waals surface area contributed by atoms with Gasteiger partial charge >= 0.3 is 0 Å². The fraction of sp³-hybridized carbons (Fsp3) is 0.500. The van der Waals surface area contributed by atoms with Crippen molar-refractivity contribution in [1.29, 1.82) is 0 Å². The molecule has 15 heavy (non-hydrogen) atoms. The first-order valence-corrected chi connectivity index (χ1v) is 5.70. The third-order valence-electron chi connectivity index (χ3n) is 2.96. The third-order valence-corrected chi connectivity index (χ3v) is 3.27. The summed E-state index contributed by atoms with van der Waals surface area (Å²) in [6, 6.07) is 5.31. The van der Waals surface area contributed by atoms with Gasteiger partial charge < -0.3 is 5.32 Å². The Hall–Kier alpha value is -0.600. The van der Waals surface area contributed by atoms with E-state index in [-0.39, 0.29) is 16.9 Å². The van der Waals surface area contributed by atoms with Crippen molar-refractivity contribution >= 4 is 11.6 Å². The summed E-state index contributed by atoms with van der Waals surface area (Å²) < 4.78 is 13.3. The molecule has 0 aliphatic heterocycles. The van der Waals surface area contributed by atoms with Crippen LogP contribution >= 0.6 is 11.6 Å². The van der Waals surface area contributed by atoms with E-state index in [1.807, 2.05) is 13.1 Å². The maximum absolute atomic E-state index is 13.3. The lowest BCUT2D eigenvalue weighted by atomic mass is 10.0. The Bertz CT molecular complexity index is 349. The summed E-state index contributed by atoms with van der Waals surface area (Å²) in [5.74, 6) is 0.492. The van der Waals surface area contributed by atoms with Crippen LogP contribution in [0.4, 0.5) is 4.39 Å². The van der Waals surface area contributed by atoms with Gasteiger partial charge in [-0.2, -0.15) is 0 Å². The van der Waals surface area contributed by atoms with E-state index >= 15 is 0 Å². The lowest BCUT2D eigenvalue weighted by Crippen LogP contribution is -2.17. The molecule has 1 aromatic carbocycles. The molecule has 1 N–H and O–H groups in total. The van der Waals surface area contributed by atoms with Gasteiger partial charge in [0.1, 0.15) is 5.82 Å². The average molecular weight is 228 g/mol. The maximum atomic E-state index is 13.3. The fourth-order valence-electron chi connectivity index (χ4n) is 1.84. The van der Waals surface area contributed by atoms with Crippen LogP contribution in [0.2, 0.25) is 5.02 Å². The Morgan fingerprint density at radius 3 is 2.80 bits per heavy atom. The van der Waals surface area contributed by atoms with Gasteiger partial charge in [-0.15, -0.1) is 0 Å². The lowest BCUT2D eigenvalue weighted by Gasteiger charge is -2.16. The molecule has 1 saturated carbocycles. The molecule has 1 unspecified atom stereocenters. The number of hydrogen-bond donors (Lipinski definition) is 1. The topological polar surface area (TPSA) is 12.0 Å². The fourth-order valence-corrected chi connectivity index (χ4v) is 1.95. The Morgan fingerprint density at radius 1 is 1.53 bits per heavy atom. The molecule has 0 heterocycles. The van der Waals surface area contributed by atoms with Crippen molar-refractivity contribution in [3.8, 4) is 0 Å². The van der Waals surface area contributed by atoms with E-state index in [1.54, 1.807) is 6.07 Å². The molecule has 0 aromatic heterocycles. The predicted molar refractivity (Wildman–Crippen MR) is 60.6 cm³/mol. The molecular weight excluding hydrogens is 213 g/mol. The van der Waals surface area contributed by atoms with E-state index in [2.05, 4.69) is 5.32 Å². The first-order chi connectivity index (χ1) is 7.20. The van der Waals surface area contributed by atoms with Crippen molar-refractivity contribution in [3.05, 3.63) is 34.6 Å². The van der Waals surface area contributed by atoms with Crippen molar-refractivity contribution in [1.82, 2.24) is 5.32 Å². The number of nitrogens with one attached hydrogen (secondary N) is 1. The van der Waals surface area contributed by atoms with Crippen LogP contribution in [0.25, 0.3) is 0 Å². The third kappa shape index (κ3) is 2.70. The Morgan fingerprint density at radius 2 is 2.27 bits per heavy atom. The standard InChI is InChI=1S/C12H15ClFN/c1-15-12(6-8-2-3-8)9-4-5-10(13)11(14)7-9/h4-5,7-8,12,15H,2-3,6H2,1H3. The lowest BCUT2D eigenvalue weighted by molar-refractivity contribution is 0.510. The molecular formula is C12H15ClFN. The highest BCUT2D eigenvalue weighted by Gasteiger charge is 2.25. The van der Waals surface area contributed by atoms with E-state index < -0.39 is 0 Å². The Labute approximate surface area is 94.6 Å². The van der Waals surface area contributed by atoms with Gasteiger partial charge in [-0.05, 0) is 37.1 Å². The first-order valence-electron chi connectivity index (χ1n) is 5.33. The van der Waals surface area contributed by atoms with E-state index in [0.29, 0.717) is 0 Å². The van der Waals surface area contributed by atoms with Crippen molar-refractivity contribution in [3.63, 3.8) is 0 Å². The normalized spacial score (nSPS) is 17.8. The van der Waals surface area contributed by atoms with Crippen LogP contribution in [0.5, 0.6) is 0 Å². The molecule has 2 rings (SSSR count). The van der Waals surface area contributed by atoms with Gasteiger partial charge in [-0.25, -0.2) is 4.39 Å². The highest BCUT2D eigenvalue weighted by Crippen LogP contribution is 2.37. The largest absolute Gasteiger partial charge is 0.313 e. The van der Waals surface area contributed by atoms with E-state index in [4.69, 9.17) is 11.6 Å². The van der Waals surface area contributed by atoms with Crippen LogP contribution in [-0.4, -0.2) is 7.05 Å². The van der Waals surface area contributed by atoms with E-state index in [9.17, 15) is 4.39 Å². The minimum atomic E-state index is -0.329. The van der Waals surface area contributed by atoms with Crippen LogP contribution in [0, 0.1) is 11.7 Å². The van der Waals surface area contributed by atoms with Gasteiger partial charge in [0, 0.05) is 6.04 Å². The molecule has 0 saturated heterocycles. The van der Waals surface area contributed by atoms with Crippen LogP contribution in [0.15, 0.2) is 18.2 Å². The quantitative estimate of drug-likeness (QED) is 0.830. The summed E-state index contributed by atoms with van der Waals surface area (Å²) in [4.78, 5) is 0. The zero-order valence-corrected chi connectivity index (χ0v) is 9.52. The number of halogens is 2. The summed E-state index contributed by atoms with van der Waals surface area (Å²) in [5, 5.41) is 3.42. The van der Waals surface area contributed by atoms with Gasteiger partial charge in [-0.1, -0.05) is 30.5 Å². The predicted octanol–water partition coefficient (Wildman–Crippen LogP) is 3.54. The van der Waals surface area contributed by atoms with Crippen LogP contribution in [0.3, 0.4) is 0 Å². The van der Waals surface area contributed by atoms with Crippen molar-refractivity contribution in [2.75, 3.05) is 7.05 Å². The molecule has 0 radical (unpaired) electrons. The van der Waals surface area contributed by atoms with Gasteiger partial charge in [0.05, 0.1) is 5.02 Å². The Balaban J connectivity index is 2.13. The van der Waals surface area contributed by atoms with Gasteiger partial charge in [-0.3, -0.25) is 0 Å². The minimum absolute atomic E-state index is 0.194. The monoisotopic (exact) mass is 227 g/mol. The summed E-state index contributed by atoms with van der Waals surface area (Å²) in [5.41, 5.74) is 0.992. The highest BCUT2D eigenvalue weighted by atomic mass is 35.5. The van der Waals surface area contributed by atoms with E-state index in [0.717, 1.165) is 17.9 Å². The van der Waals surface area contributed by atoms with E-state index in [1.165, 1.54) is 18.9 Å². The molecule has 0 spiro atoms. The maximum Gasteiger partial charge on any atom is 0.142 e. The first kappa shape index (κ1) is 10.9. The smallest absolute Gasteiger partial charge is 0.142 e. The van der Waals surface area contributed by atoms with Crippen LogP contribution < -0.4 is 5.32 Å². The van der Waals surface area contributed by atoms with Gasteiger partial charge in [0.2, 0.25) is 0 Å². The SMILES string of the molecule is CNC(CC1CC1)c1ccc(Cl)c(F)c1. The Kier molecular flexibility index (Phi) is 3.27. The van der Waals surface area contributed by atoms with Crippen molar-refractivity contribution in [2.24, 2.45) is 5.92 Å². The van der Waals surface area contributed by atoms with Crippen molar-refractivity contribution < 1.29 is 4.39 Å². The average Bonchev–Trinajstić information content (AvgIpc) is 3.02. The molecule has 0 amide bonds. The zero-order chi connectivity index (χ0) is 10.8. The summed E-state index contributed by atoms with van der Waals surface area (Å²) >= 11 is 5.65. The molecule has 1 aliphatic rings. The summed E-state index contributed by atoms with van der Waals surface area (Å²) in [6.07, 6.45) is 3.72. The zero-order valence-electron chi connectivity index (χ0n) is 8.76. The summed E-state index contributed by atoms with van der Waals surface area (Å²) in [6.45, 7) is 0. The molecule has 3 heteroatoms. The molecule has 1 fully saturated rings. The molecule has 0 bridgehead atoms. The molecule has 1 aliphatic carbocycles. The van der Waals surface area contributed by atoms with Gasteiger partial charge in [0.15, 0.2) is 0 Å². The second-order valence-corrected chi connectivity index (χ2v) is 4.60. The molecule has 1 atom stereocenters. The second kappa shape index (κ2) is 4.50. The number of benzene rings is 1. The van der Waals surface area contributed by atoms with Crippen LogP contribution in [-0.2, 0) is 0 Å². The van der Waals surface area contributed by atoms with Crippen LogP contribution in [0.1, 0.15) is 30.9 Å². The highest BCUT2D eigenvalue weighted by molar-refractivity contribution is 6.30. The van der Waals surface area contributed by atoms with Crippen molar-refractivity contribution in [2.45, 2.75) is 25.3 Å². The molecule has 1 nitrogen and oxygen atoms in total. The number of rotatable bonds is 4. The minimum Gasteiger partial charge on any atom is -0.313 e.